The van der Waals surface area contributed by atoms with Crippen molar-refractivity contribution in [1.29, 1.82) is 0 Å². The Hall–Kier alpha value is -1.09. The third kappa shape index (κ3) is 4.00. The summed E-state index contributed by atoms with van der Waals surface area (Å²) in [5.41, 5.74) is 1.08. The monoisotopic (exact) mass is 234 g/mol. The number of pyridine rings is 1. The van der Waals surface area contributed by atoms with Gasteiger partial charge in [-0.1, -0.05) is 13.0 Å². The minimum Gasteiger partial charge on any atom is -0.472 e. The van der Waals surface area contributed by atoms with Gasteiger partial charge in [0.15, 0.2) is 0 Å². The fraction of sp³-hybridized carbons (Fsp3) is 0.643. The van der Waals surface area contributed by atoms with Crippen molar-refractivity contribution in [3.8, 4) is 5.88 Å². The summed E-state index contributed by atoms with van der Waals surface area (Å²) in [4.78, 5) is 4.35. The van der Waals surface area contributed by atoms with Crippen molar-refractivity contribution in [2.45, 2.75) is 58.2 Å². The van der Waals surface area contributed by atoms with Crippen LogP contribution in [0.2, 0.25) is 0 Å². The smallest absolute Gasteiger partial charge is 0.213 e. The predicted molar refractivity (Wildman–Crippen MR) is 69.1 cm³/mol. The lowest BCUT2D eigenvalue weighted by molar-refractivity contribution is 0.0990. The second kappa shape index (κ2) is 5.05. The maximum absolute atomic E-state index is 5.81. The molecule has 0 aromatic carbocycles. The van der Waals surface area contributed by atoms with Gasteiger partial charge in [0.2, 0.25) is 5.88 Å². The van der Waals surface area contributed by atoms with Crippen LogP contribution in [0.15, 0.2) is 18.3 Å². The number of hydrogen-bond donors (Lipinski definition) is 1. The molecule has 0 spiro atoms. The van der Waals surface area contributed by atoms with E-state index >= 15 is 0 Å². The van der Waals surface area contributed by atoms with Crippen LogP contribution < -0.4 is 10.1 Å². The van der Waals surface area contributed by atoms with Crippen LogP contribution in [0.25, 0.3) is 0 Å². The highest BCUT2D eigenvalue weighted by molar-refractivity contribution is 5.18. The second-order valence-corrected chi connectivity index (χ2v) is 5.38. The van der Waals surface area contributed by atoms with Crippen molar-refractivity contribution in [2.75, 3.05) is 0 Å². The number of hydrogen-bond acceptors (Lipinski definition) is 3. The van der Waals surface area contributed by atoms with Crippen LogP contribution in [0, 0.1) is 0 Å². The zero-order chi connectivity index (χ0) is 12.3. The van der Waals surface area contributed by atoms with E-state index in [2.05, 4.69) is 37.1 Å². The molecule has 17 heavy (non-hydrogen) atoms. The van der Waals surface area contributed by atoms with Crippen LogP contribution in [-0.4, -0.2) is 16.6 Å². The highest BCUT2D eigenvalue weighted by Crippen LogP contribution is 2.20. The normalized spacial score (nSPS) is 15.9. The molecule has 0 saturated heterocycles. The molecule has 1 aliphatic carbocycles. The van der Waals surface area contributed by atoms with E-state index in [0.29, 0.717) is 5.88 Å². The molecular formula is C14H22N2O. The minimum atomic E-state index is -0.138. The van der Waals surface area contributed by atoms with Crippen LogP contribution >= 0.6 is 0 Å². The van der Waals surface area contributed by atoms with Gasteiger partial charge < -0.3 is 10.1 Å². The summed E-state index contributed by atoms with van der Waals surface area (Å²) >= 11 is 0. The van der Waals surface area contributed by atoms with E-state index < -0.39 is 0 Å². The van der Waals surface area contributed by atoms with Crippen LogP contribution in [0.1, 0.15) is 45.6 Å². The van der Waals surface area contributed by atoms with Gasteiger partial charge in [0.05, 0.1) is 0 Å². The molecule has 1 fully saturated rings. The molecule has 0 bridgehead atoms. The molecule has 2 rings (SSSR count). The largest absolute Gasteiger partial charge is 0.472 e. The Morgan fingerprint density at radius 1 is 1.41 bits per heavy atom. The maximum atomic E-state index is 5.81. The van der Waals surface area contributed by atoms with Gasteiger partial charge in [-0.05, 0) is 38.7 Å². The van der Waals surface area contributed by atoms with Crippen molar-refractivity contribution in [3.63, 3.8) is 0 Å². The Morgan fingerprint density at radius 2 is 2.18 bits per heavy atom. The number of rotatable bonds is 6. The molecule has 0 radical (unpaired) electrons. The van der Waals surface area contributed by atoms with Gasteiger partial charge in [0.25, 0.3) is 0 Å². The Labute approximate surface area is 104 Å². The first-order valence-electron chi connectivity index (χ1n) is 6.46. The molecular weight excluding hydrogens is 212 g/mol. The zero-order valence-corrected chi connectivity index (χ0v) is 11.0. The quantitative estimate of drug-likeness (QED) is 0.821. The van der Waals surface area contributed by atoms with Crippen molar-refractivity contribution in [3.05, 3.63) is 23.9 Å². The fourth-order valence-corrected chi connectivity index (χ4v) is 1.48. The Balaban J connectivity index is 1.87. The maximum Gasteiger partial charge on any atom is 0.213 e. The predicted octanol–water partition coefficient (Wildman–Crippen LogP) is 2.90. The molecule has 1 saturated carbocycles. The number of nitrogens with zero attached hydrogens (tertiary/aromatic N) is 1. The fourth-order valence-electron chi connectivity index (χ4n) is 1.48. The van der Waals surface area contributed by atoms with Crippen molar-refractivity contribution in [1.82, 2.24) is 10.3 Å². The number of nitrogens with one attached hydrogen (secondary N) is 1. The van der Waals surface area contributed by atoms with Crippen LogP contribution in [0.5, 0.6) is 5.88 Å². The van der Waals surface area contributed by atoms with Gasteiger partial charge in [-0.2, -0.15) is 0 Å². The summed E-state index contributed by atoms with van der Waals surface area (Å²) in [7, 11) is 0. The average Bonchev–Trinajstić information content (AvgIpc) is 3.12. The topological polar surface area (TPSA) is 34.1 Å². The Morgan fingerprint density at radius 3 is 2.71 bits per heavy atom. The lowest BCUT2D eigenvalue weighted by Crippen LogP contribution is -2.27. The van der Waals surface area contributed by atoms with Gasteiger partial charge in [-0.3, -0.25) is 0 Å². The third-order valence-corrected chi connectivity index (χ3v) is 3.20. The van der Waals surface area contributed by atoms with Crippen LogP contribution in [0.4, 0.5) is 0 Å². The third-order valence-electron chi connectivity index (χ3n) is 3.20. The summed E-state index contributed by atoms with van der Waals surface area (Å²) in [5, 5.41) is 3.47. The summed E-state index contributed by atoms with van der Waals surface area (Å²) in [6.07, 6.45) is 5.51. The molecule has 0 amide bonds. The molecule has 0 aliphatic heterocycles. The first-order valence-corrected chi connectivity index (χ1v) is 6.46. The molecule has 1 N–H and O–H groups in total. The summed E-state index contributed by atoms with van der Waals surface area (Å²) in [6.45, 7) is 7.19. The van der Waals surface area contributed by atoms with E-state index in [1.165, 1.54) is 18.4 Å². The molecule has 3 heteroatoms. The highest BCUT2D eigenvalue weighted by atomic mass is 16.5. The molecule has 94 valence electrons. The van der Waals surface area contributed by atoms with Crippen molar-refractivity contribution < 1.29 is 4.74 Å². The van der Waals surface area contributed by atoms with Gasteiger partial charge in [-0.25, -0.2) is 4.98 Å². The average molecular weight is 234 g/mol. The molecule has 1 heterocycles. The standard InChI is InChI=1S/C14H22N2O/c1-4-14(2,3)17-13-8-5-11(10-16-13)9-15-12-6-7-12/h5,8,10,12,15H,4,6-7,9H2,1-3H3. The molecule has 1 aliphatic rings. The van der Waals surface area contributed by atoms with E-state index in [1.54, 1.807) is 0 Å². The minimum absolute atomic E-state index is 0.138. The van der Waals surface area contributed by atoms with Crippen molar-refractivity contribution in [2.24, 2.45) is 0 Å². The van der Waals surface area contributed by atoms with E-state index in [9.17, 15) is 0 Å². The summed E-state index contributed by atoms with van der Waals surface area (Å²) in [6, 6.07) is 4.79. The van der Waals surface area contributed by atoms with Crippen molar-refractivity contribution >= 4 is 0 Å². The first kappa shape index (κ1) is 12.4. The molecule has 1 aromatic rings. The van der Waals surface area contributed by atoms with E-state index in [-0.39, 0.29) is 5.60 Å². The highest BCUT2D eigenvalue weighted by Gasteiger charge is 2.20. The number of ether oxygens (including phenoxy) is 1. The van der Waals surface area contributed by atoms with E-state index in [4.69, 9.17) is 4.74 Å². The van der Waals surface area contributed by atoms with Crippen LogP contribution in [-0.2, 0) is 6.54 Å². The molecule has 0 atom stereocenters. The Bertz CT molecular complexity index is 355. The molecule has 1 aromatic heterocycles. The second-order valence-electron chi connectivity index (χ2n) is 5.38. The van der Waals surface area contributed by atoms with Gasteiger partial charge in [0.1, 0.15) is 5.60 Å². The number of aromatic nitrogens is 1. The Kier molecular flexibility index (Phi) is 3.67. The van der Waals surface area contributed by atoms with E-state index in [0.717, 1.165) is 19.0 Å². The lowest BCUT2D eigenvalue weighted by atomic mass is 10.1. The zero-order valence-electron chi connectivity index (χ0n) is 11.0. The van der Waals surface area contributed by atoms with Crippen LogP contribution in [0.3, 0.4) is 0 Å². The van der Waals surface area contributed by atoms with E-state index in [1.807, 2.05) is 12.3 Å². The molecule has 3 nitrogen and oxygen atoms in total. The first-order chi connectivity index (χ1) is 8.09. The van der Waals surface area contributed by atoms with Gasteiger partial charge >= 0.3 is 0 Å². The van der Waals surface area contributed by atoms with Gasteiger partial charge in [-0.15, -0.1) is 0 Å². The summed E-state index contributed by atoms with van der Waals surface area (Å²) in [5.74, 6) is 0.715. The molecule has 0 unspecified atom stereocenters. The lowest BCUT2D eigenvalue weighted by Gasteiger charge is -2.23. The SMILES string of the molecule is CCC(C)(C)Oc1ccc(CNC2CC2)cn1. The summed E-state index contributed by atoms with van der Waals surface area (Å²) < 4.78 is 5.81. The van der Waals surface area contributed by atoms with Gasteiger partial charge in [0, 0.05) is 24.8 Å².